The van der Waals surface area contributed by atoms with Crippen molar-refractivity contribution in [2.24, 2.45) is 0 Å². The molecule has 28 heavy (non-hydrogen) atoms. The third-order valence-electron chi connectivity index (χ3n) is 4.61. The van der Waals surface area contributed by atoms with Gasteiger partial charge in [-0.3, -0.25) is 0 Å². The Morgan fingerprint density at radius 2 is 1.89 bits per heavy atom. The van der Waals surface area contributed by atoms with Gasteiger partial charge in [0.15, 0.2) is 11.6 Å². The van der Waals surface area contributed by atoms with Crippen molar-refractivity contribution in [1.82, 2.24) is 0 Å². The number of halogens is 2. The van der Waals surface area contributed by atoms with Crippen molar-refractivity contribution < 1.29 is 28.2 Å². The van der Waals surface area contributed by atoms with Crippen LogP contribution >= 0.6 is 0 Å². The number of benzene rings is 3. The Bertz CT molecular complexity index is 1050. The van der Waals surface area contributed by atoms with Crippen LogP contribution in [0.2, 0.25) is 0 Å². The van der Waals surface area contributed by atoms with E-state index in [2.05, 4.69) is 0 Å². The van der Waals surface area contributed by atoms with Crippen LogP contribution in [0, 0.1) is 11.6 Å². The topological polar surface area (TPSA) is 55.8 Å². The smallest absolute Gasteiger partial charge is 0.335 e. The first-order valence-electron chi connectivity index (χ1n) is 8.72. The summed E-state index contributed by atoms with van der Waals surface area (Å²) in [6.45, 7) is 0.545. The molecule has 0 spiro atoms. The second-order valence-electron chi connectivity index (χ2n) is 6.44. The maximum absolute atomic E-state index is 13.9. The number of carbonyl (C=O) groups is 1. The van der Waals surface area contributed by atoms with Gasteiger partial charge >= 0.3 is 5.97 Å². The lowest BCUT2D eigenvalue weighted by molar-refractivity contribution is 0.0696. The zero-order chi connectivity index (χ0) is 19.7. The number of fused-ring (bicyclic) bond motifs is 1. The number of carboxylic acid groups (broad SMARTS) is 1. The minimum atomic E-state index is -0.993. The van der Waals surface area contributed by atoms with Gasteiger partial charge < -0.3 is 14.6 Å². The van der Waals surface area contributed by atoms with Crippen LogP contribution in [0.15, 0.2) is 54.6 Å². The van der Waals surface area contributed by atoms with E-state index in [9.17, 15) is 13.6 Å². The first-order chi connectivity index (χ1) is 13.5. The van der Waals surface area contributed by atoms with Crippen LogP contribution < -0.4 is 9.47 Å². The van der Waals surface area contributed by atoms with Gasteiger partial charge in [-0.1, -0.05) is 24.3 Å². The molecule has 1 N–H and O–H groups in total. The Morgan fingerprint density at radius 1 is 1.11 bits per heavy atom. The van der Waals surface area contributed by atoms with Crippen molar-refractivity contribution in [3.8, 4) is 22.6 Å². The van der Waals surface area contributed by atoms with Gasteiger partial charge in [-0.25, -0.2) is 13.6 Å². The van der Waals surface area contributed by atoms with E-state index >= 15 is 0 Å². The molecule has 4 rings (SSSR count). The predicted octanol–water partition coefficient (Wildman–Crippen LogP) is 4.84. The van der Waals surface area contributed by atoms with Crippen molar-refractivity contribution in [2.75, 3.05) is 6.61 Å². The SMILES string of the molecule is O=C(O)c1cccc(COc2ccc(-c3cc(F)c(F)c4c3OCC4)cc2)c1. The maximum atomic E-state index is 13.9. The fourth-order valence-electron chi connectivity index (χ4n) is 3.21. The van der Waals surface area contributed by atoms with Crippen LogP contribution in [-0.2, 0) is 13.0 Å². The molecular formula is C22H16F2O4. The molecule has 142 valence electrons. The molecule has 1 aliphatic rings. The zero-order valence-electron chi connectivity index (χ0n) is 14.7. The number of carboxylic acids is 1. The molecule has 0 aliphatic carbocycles. The first-order valence-corrected chi connectivity index (χ1v) is 8.72. The lowest BCUT2D eigenvalue weighted by atomic mass is 10.0. The fourth-order valence-corrected chi connectivity index (χ4v) is 3.21. The van der Waals surface area contributed by atoms with Crippen molar-refractivity contribution in [3.63, 3.8) is 0 Å². The van der Waals surface area contributed by atoms with Gasteiger partial charge in [-0.2, -0.15) is 0 Å². The quantitative estimate of drug-likeness (QED) is 0.686. The van der Waals surface area contributed by atoms with E-state index in [1.165, 1.54) is 6.07 Å². The highest BCUT2D eigenvalue weighted by molar-refractivity contribution is 5.87. The highest BCUT2D eigenvalue weighted by atomic mass is 19.2. The molecule has 0 amide bonds. The average molecular weight is 382 g/mol. The number of aromatic carboxylic acids is 1. The molecule has 0 saturated carbocycles. The summed E-state index contributed by atoms with van der Waals surface area (Å²) in [4.78, 5) is 11.0. The molecule has 4 nitrogen and oxygen atoms in total. The Balaban J connectivity index is 1.52. The average Bonchev–Trinajstić information content (AvgIpc) is 3.20. The van der Waals surface area contributed by atoms with Crippen LogP contribution in [0.4, 0.5) is 8.78 Å². The molecule has 3 aromatic carbocycles. The molecule has 0 radical (unpaired) electrons. The summed E-state index contributed by atoms with van der Waals surface area (Å²) >= 11 is 0. The van der Waals surface area contributed by atoms with Gasteiger partial charge in [0.05, 0.1) is 12.2 Å². The van der Waals surface area contributed by atoms with Crippen molar-refractivity contribution in [3.05, 3.63) is 82.9 Å². The summed E-state index contributed by atoms with van der Waals surface area (Å²) in [6.07, 6.45) is 0.350. The van der Waals surface area contributed by atoms with Gasteiger partial charge in [0.25, 0.3) is 0 Å². The summed E-state index contributed by atoms with van der Waals surface area (Å²) in [5.74, 6) is -1.77. The zero-order valence-corrected chi connectivity index (χ0v) is 14.7. The van der Waals surface area contributed by atoms with Crippen molar-refractivity contribution in [2.45, 2.75) is 13.0 Å². The minimum Gasteiger partial charge on any atom is -0.492 e. The van der Waals surface area contributed by atoms with E-state index in [4.69, 9.17) is 14.6 Å². The third-order valence-corrected chi connectivity index (χ3v) is 4.61. The van der Waals surface area contributed by atoms with E-state index in [-0.39, 0.29) is 17.7 Å². The lowest BCUT2D eigenvalue weighted by Gasteiger charge is -2.11. The standard InChI is InChI=1S/C22H16F2O4/c23-19-11-18(21-17(20(19)24)8-9-27-21)14-4-6-16(7-5-14)28-12-13-2-1-3-15(10-13)22(25)26/h1-7,10-11H,8-9,12H2,(H,25,26). The normalized spacial score (nSPS) is 12.4. The van der Waals surface area contributed by atoms with Crippen molar-refractivity contribution >= 4 is 5.97 Å². The molecule has 0 unspecified atom stereocenters. The van der Waals surface area contributed by atoms with Gasteiger partial charge in [0, 0.05) is 17.5 Å². The number of hydrogen-bond acceptors (Lipinski definition) is 3. The van der Waals surface area contributed by atoms with Gasteiger partial charge in [-0.15, -0.1) is 0 Å². The maximum Gasteiger partial charge on any atom is 0.335 e. The minimum absolute atomic E-state index is 0.198. The Morgan fingerprint density at radius 3 is 2.64 bits per heavy atom. The molecular weight excluding hydrogens is 366 g/mol. The molecule has 0 fully saturated rings. The highest BCUT2D eigenvalue weighted by Gasteiger charge is 2.24. The summed E-state index contributed by atoms with van der Waals surface area (Å²) in [7, 11) is 0. The van der Waals surface area contributed by atoms with Gasteiger partial charge in [0.2, 0.25) is 0 Å². The number of ether oxygens (including phenoxy) is 2. The molecule has 1 aliphatic heterocycles. The molecule has 1 heterocycles. The Labute approximate surface area is 160 Å². The van der Waals surface area contributed by atoms with E-state index in [0.717, 1.165) is 11.6 Å². The van der Waals surface area contributed by atoms with E-state index in [0.29, 0.717) is 35.7 Å². The summed E-state index contributed by atoms with van der Waals surface area (Å²) in [5, 5.41) is 9.04. The number of hydrogen-bond donors (Lipinski definition) is 1. The van der Waals surface area contributed by atoms with Gasteiger partial charge in [0.1, 0.15) is 18.1 Å². The summed E-state index contributed by atoms with van der Waals surface area (Å²) in [5.41, 5.74) is 2.40. The Hall–Kier alpha value is -3.41. The lowest BCUT2D eigenvalue weighted by Crippen LogP contribution is -2.00. The van der Waals surface area contributed by atoms with Gasteiger partial charge in [-0.05, 0) is 41.5 Å². The van der Waals surface area contributed by atoms with Crippen LogP contribution in [0.5, 0.6) is 11.5 Å². The Kier molecular flexibility index (Phi) is 4.69. The first kappa shape index (κ1) is 18.0. The van der Waals surface area contributed by atoms with E-state index < -0.39 is 17.6 Å². The van der Waals surface area contributed by atoms with Crippen LogP contribution in [-0.4, -0.2) is 17.7 Å². The van der Waals surface area contributed by atoms with Crippen LogP contribution in [0.1, 0.15) is 21.5 Å². The summed E-state index contributed by atoms with van der Waals surface area (Å²) < 4.78 is 39.0. The second kappa shape index (κ2) is 7.31. The molecule has 3 aromatic rings. The largest absolute Gasteiger partial charge is 0.492 e. The molecule has 0 atom stereocenters. The molecule has 0 bridgehead atoms. The monoisotopic (exact) mass is 382 g/mol. The third kappa shape index (κ3) is 3.41. The fraction of sp³-hybridized carbons (Fsp3) is 0.136. The molecule has 0 aromatic heterocycles. The van der Waals surface area contributed by atoms with Crippen LogP contribution in [0.3, 0.4) is 0 Å². The second-order valence-corrected chi connectivity index (χ2v) is 6.44. The predicted molar refractivity (Wildman–Crippen MR) is 98.7 cm³/mol. The summed E-state index contributed by atoms with van der Waals surface area (Å²) in [6, 6.07) is 14.6. The van der Waals surface area contributed by atoms with Crippen molar-refractivity contribution in [1.29, 1.82) is 0 Å². The molecule has 6 heteroatoms. The number of rotatable bonds is 5. The molecule has 0 saturated heterocycles. The van der Waals surface area contributed by atoms with E-state index in [1.807, 2.05) is 0 Å². The van der Waals surface area contributed by atoms with E-state index in [1.54, 1.807) is 42.5 Å². The highest BCUT2D eigenvalue weighted by Crippen LogP contribution is 2.39. The van der Waals surface area contributed by atoms with Crippen LogP contribution in [0.25, 0.3) is 11.1 Å².